The maximum atomic E-state index is 12.6. The van der Waals surface area contributed by atoms with E-state index in [1.165, 1.54) is 22.5 Å². The second-order valence-electron chi connectivity index (χ2n) is 8.46. The van der Waals surface area contributed by atoms with Crippen LogP contribution in [0.2, 0.25) is 0 Å². The second kappa shape index (κ2) is 12.2. The zero-order valence-corrected chi connectivity index (χ0v) is 20.6. The van der Waals surface area contributed by atoms with Crippen LogP contribution in [0, 0.1) is 6.92 Å². The molecule has 180 valence electrons. The van der Waals surface area contributed by atoms with Crippen molar-refractivity contribution >= 4 is 34.6 Å². The molecule has 0 aliphatic rings. The van der Waals surface area contributed by atoms with Crippen LogP contribution >= 0.6 is 11.3 Å². The fraction of sp³-hybridized carbons (Fsp3) is 0.320. The van der Waals surface area contributed by atoms with Gasteiger partial charge in [0.05, 0.1) is 17.4 Å². The van der Waals surface area contributed by atoms with Crippen LogP contribution in [0.1, 0.15) is 39.6 Å². The Bertz CT molecular complexity index is 1100. The molecule has 9 heteroatoms. The lowest BCUT2D eigenvalue weighted by atomic mass is 10.1. The lowest BCUT2D eigenvalue weighted by Gasteiger charge is -2.21. The van der Waals surface area contributed by atoms with Crippen LogP contribution in [-0.4, -0.2) is 49.0 Å². The van der Waals surface area contributed by atoms with E-state index in [1.54, 1.807) is 23.0 Å². The summed E-state index contributed by atoms with van der Waals surface area (Å²) in [5, 5.41) is 12.3. The highest BCUT2D eigenvalue weighted by Crippen LogP contribution is 2.23. The first-order valence-corrected chi connectivity index (χ1v) is 12.1. The lowest BCUT2D eigenvalue weighted by molar-refractivity contribution is 0.102. The number of benzene rings is 1. The maximum Gasteiger partial charge on any atom is 0.315 e. The van der Waals surface area contributed by atoms with Gasteiger partial charge in [0.2, 0.25) is 0 Å². The molecule has 2 heterocycles. The Labute approximate surface area is 204 Å². The highest BCUT2D eigenvalue weighted by molar-refractivity contribution is 7.09. The molecule has 0 radical (unpaired) electrons. The summed E-state index contributed by atoms with van der Waals surface area (Å²) >= 11 is 1.42. The molecule has 0 saturated heterocycles. The first-order chi connectivity index (χ1) is 16.3. The molecule has 2 aromatic heterocycles. The van der Waals surface area contributed by atoms with Gasteiger partial charge in [-0.1, -0.05) is 35.9 Å². The van der Waals surface area contributed by atoms with Gasteiger partial charge in [-0.05, 0) is 57.6 Å². The third-order valence-corrected chi connectivity index (χ3v) is 6.08. The van der Waals surface area contributed by atoms with E-state index in [9.17, 15) is 9.59 Å². The van der Waals surface area contributed by atoms with Crippen molar-refractivity contribution in [2.45, 2.75) is 25.8 Å². The van der Waals surface area contributed by atoms with E-state index in [1.807, 2.05) is 26.2 Å². The number of rotatable bonds is 10. The summed E-state index contributed by atoms with van der Waals surface area (Å²) in [5.74, 6) is -0.330. The molecule has 0 bridgehead atoms. The smallest absolute Gasteiger partial charge is 0.315 e. The average molecular weight is 481 g/mol. The van der Waals surface area contributed by atoms with Gasteiger partial charge < -0.3 is 26.6 Å². The fourth-order valence-corrected chi connectivity index (χ4v) is 4.12. The summed E-state index contributed by atoms with van der Waals surface area (Å²) in [6, 6.07) is 11.3. The number of nitrogens with zero attached hydrogens (tertiary/aromatic N) is 2. The van der Waals surface area contributed by atoms with E-state index in [4.69, 9.17) is 5.73 Å². The van der Waals surface area contributed by atoms with Gasteiger partial charge in [-0.15, -0.1) is 11.3 Å². The third-order valence-electron chi connectivity index (χ3n) is 5.31. The van der Waals surface area contributed by atoms with Crippen molar-refractivity contribution in [3.63, 3.8) is 0 Å². The van der Waals surface area contributed by atoms with E-state index >= 15 is 0 Å². The number of nitrogens with two attached hydrogens (primary N) is 1. The number of thiophene rings is 1. The zero-order valence-electron chi connectivity index (χ0n) is 19.8. The molecule has 8 nitrogen and oxygen atoms in total. The molecule has 3 aromatic rings. The monoisotopic (exact) mass is 480 g/mol. The van der Waals surface area contributed by atoms with Gasteiger partial charge >= 0.3 is 6.03 Å². The van der Waals surface area contributed by atoms with Crippen molar-refractivity contribution < 1.29 is 9.59 Å². The third kappa shape index (κ3) is 7.57. The predicted octanol–water partition coefficient (Wildman–Crippen LogP) is 3.82. The average Bonchev–Trinajstić information content (AvgIpc) is 3.21. The Morgan fingerprint density at radius 1 is 1.18 bits per heavy atom. The first-order valence-electron chi connectivity index (χ1n) is 11.2. The SMILES string of the molecule is Cc1cccc(CCNC(=O)NC(CCN(C)C)c2ccc(C(=O)Nc3cscc3N)nc2)c1. The summed E-state index contributed by atoms with van der Waals surface area (Å²) < 4.78 is 0. The summed E-state index contributed by atoms with van der Waals surface area (Å²) in [7, 11) is 3.97. The number of nitrogens with one attached hydrogen (secondary N) is 3. The molecule has 1 aromatic carbocycles. The largest absolute Gasteiger partial charge is 0.396 e. The number of urea groups is 1. The Hall–Kier alpha value is -3.43. The molecule has 1 unspecified atom stereocenters. The Morgan fingerprint density at radius 3 is 2.65 bits per heavy atom. The number of pyridine rings is 1. The highest BCUT2D eigenvalue weighted by atomic mass is 32.1. The number of hydrogen-bond donors (Lipinski definition) is 4. The molecule has 1 atom stereocenters. The van der Waals surface area contributed by atoms with Crippen LogP contribution in [0.4, 0.5) is 16.2 Å². The summed E-state index contributed by atoms with van der Waals surface area (Å²) in [6.45, 7) is 3.38. The summed E-state index contributed by atoms with van der Waals surface area (Å²) in [6.07, 6.45) is 3.10. The van der Waals surface area contributed by atoms with E-state index in [0.717, 1.165) is 18.5 Å². The summed E-state index contributed by atoms with van der Waals surface area (Å²) in [4.78, 5) is 31.4. The molecule has 5 N–H and O–H groups in total. The molecule has 3 rings (SSSR count). The molecule has 0 aliphatic heterocycles. The van der Waals surface area contributed by atoms with Crippen molar-refractivity contribution in [1.82, 2.24) is 20.5 Å². The van der Waals surface area contributed by atoms with Crippen LogP contribution < -0.4 is 21.7 Å². The molecule has 3 amide bonds. The molecule has 0 saturated carbocycles. The van der Waals surface area contributed by atoms with Crippen molar-refractivity contribution in [1.29, 1.82) is 0 Å². The molecule has 34 heavy (non-hydrogen) atoms. The Morgan fingerprint density at radius 2 is 2.00 bits per heavy atom. The van der Waals surface area contributed by atoms with Gasteiger partial charge in [-0.2, -0.15) is 0 Å². The quantitative estimate of drug-likeness (QED) is 0.352. The highest BCUT2D eigenvalue weighted by Gasteiger charge is 2.17. The van der Waals surface area contributed by atoms with Crippen molar-refractivity contribution in [2.75, 3.05) is 38.2 Å². The van der Waals surface area contributed by atoms with Crippen LogP contribution in [0.3, 0.4) is 0 Å². The minimum absolute atomic E-state index is 0.230. The first kappa shape index (κ1) is 25.2. The molecule has 0 spiro atoms. The molecular weight excluding hydrogens is 448 g/mol. The lowest BCUT2D eigenvalue weighted by Crippen LogP contribution is -2.39. The molecular formula is C25H32N6O2S. The number of amides is 3. The summed E-state index contributed by atoms with van der Waals surface area (Å²) in [5.41, 5.74) is 10.4. The number of nitrogen functional groups attached to an aromatic ring is 1. The minimum atomic E-state index is -0.330. The predicted molar refractivity (Wildman–Crippen MR) is 138 cm³/mol. The van der Waals surface area contributed by atoms with Gasteiger partial charge in [0.25, 0.3) is 5.91 Å². The number of anilines is 2. The van der Waals surface area contributed by atoms with Gasteiger partial charge in [-0.25, -0.2) is 4.79 Å². The van der Waals surface area contributed by atoms with Crippen LogP contribution in [0.15, 0.2) is 53.4 Å². The molecule has 0 aliphatic carbocycles. The van der Waals surface area contributed by atoms with Gasteiger partial charge in [0.15, 0.2) is 0 Å². The van der Waals surface area contributed by atoms with Crippen molar-refractivity contribution in [2.24, 2.45) is 0 Å². The normalized spacial score (nSPS) is 11.8. The van der Waals surface area contributed by atoms with Crippen molar-refractivity contribution in [3.05, 3.63) is 75.7 Å². The van der Waals surface area contributed by atoms with Gasteiger partial charge in [-0.3, -0.25) is 9.78 Å². The van der Waals surface area contributed by atoms with Crippen LogP contribution in [0.5, 0.6) is 0 Å². The standard InChI is InChI=1S/C25H32N6O2S/c1-17-5-4-6-18(13-17)9-11-27-25(33)30-21(10-12-31(2)3)19-7-8-22(28-14-19)24(32)29-23-16-34-15-20(23)26/h4-8,13-16,21H,9-12,26H2,1-3H3,(H,29,32)(H2,27,30,33). The zero-order chi connectivity index (χ0) is 24.5. The van der Waals surface area contributed by atoms with E-state index < -0.39 is 0 Å². The fourth-order valence-electron chi connectivity index (χ4n) is 3.45. The maximum absolute atomic E-state index is 12.6. The number of hydrogen-bond acceptors (Lipinski definition) is 6. The number of aromatic nitrogens is 1. The Balaban J connectivity index is 1.59. The van der Waals surface area contributed by atoms with Crippen molar-refractivity contribution in [3.8, 4) is 0 Å². The number of aryl methyl sites for hydroxylation is 1. The van der Waals surface area contributed by atoms with Crippen LogP contribution in [-0.2, 0) is 6.42 Å². The minimum Gasteiger partial charge on any atom is -0.396 e. The van der Waals surface area contributed by atoms with Crippen LogP contribution in [0.25, 0.3) is 0 Å². The van der Waals surface area contributed by atoms with Gasteiger partial charge in [0.1, 0.15) is 5.69 Å². The number of carbonyl (C=O) groups excluding carboxylic acids is 2. The van der Waals surface area contributed by atoms with E-state index in [-0.39, 0.29) is 23.7 Å². The topological polar surface area (TPSA) is 112 Å². The van der Waals surface area contributed by atoms with Gasteiger partial charge in [0, 0.05) is 23.5 Å². The number of carbonyl (C=O) groups is 2. The van der Waals surface area contributed by atoms with E-state index in [0.29, 0.717) is 24.3 Å². The second-order valence-corrected chi connectivity index (χ2v) is 9.20. The Kier molecular flexibility index (Phi) is 9.00. The molecule has 0 fully saturated rings. The van der Waals surface area contributed by atoms with E-state index in [2.05, 4.69) is 51.0 Å².